The van der Waals surface area contributed by atoms with Crippen molar-refractivity contribution < 1.29 is 14.9 Å². The lowest BCUT2D eigenvalue weighted by molar-refractivity contribution is 0.161. The number of hydrogen-bond acceptors (Lipinski definition) is 4. The fourth-order valence-corrected chi connectivity index (χ4v) is 1.97. The van der Waals surface area contributed by atoms with Crippen LogP contribution >= 0.6 is 0 Å². The summed E-state index contributed by atoms with van der Waals surface area (Å²) in [7, 11) is 1.52. The molecular weight excluding hydrogens is 218 g/mol. The van der Waals surface area contributed by atoms with Gasteiger partial charge < -0.3 is 20.7 Å². The lowest BCUT2D eigenvalue weighted by atomic mass is 9.90. The quantitative estimate of drug-likeness (QED) is 0.705. The highest BCUT2D eigenvalue weighted by molar-refractivity contribution is 5.47. The topological polar surface area (TPSA) is 75.7 Å². The van der Waals surface area contributed by atoms with Crippen LogP contribution in [0.15, 0.2) is 18.2 Å². The molecule has 4 heteroatoms. The van der Waals surface area contributed by atoms with Crippen LogP contribution in [0.3, 0.4) is 0 Å². The minimum Gasteiger partial charge on any atom is -0.504 e. The maximum absolute atomic E-state index is 10.0. The van der Waals surface area contributed by atoms with Crippen molar-refractivity contribution in [1.82, 2.24) is 0 Å². The number of para-hydroxylation sites is 1. The van der Waals surface area contributed by atoms with E-state index in [2.05, 4.69) is 0 Å². The fourth-order valence-electron chi connectivity index (χ4n) is 1.97. The van der Waals surface area contributed by atoms with Crippen LogP contribution in [0.2, 0.25) is 0 Å². The average Bonchev–Trinajstić information content (AvgIpc) is 2.36. The van der Waals surface area contributed by atoms with E-state index in [1.165, 1.54) is 7.11 Å². The first-order valence-electron chi connectivity index (χ1n) is 5.88. The maximum atomic E-state index is 10.0. The predicted octanol–water partition coefficient (Wildman–Crippen LogP) is 1.60. The molecule has 1 aromatic carbocycles. The smallest absolute Gasteiger partial charge is 0.161 e. The van der Waals surface area contributed by atoms with E-state index in [1.54, 1.807) is 6.07 Å². The summed E-state index contributed by atoms with van der Waals surface area (Å²) in [4.78, 5) is 0. The van der Waals surface area contributed by atoms with Crippen molar-refractivity contribution >= 4 is 0 Å². The Kier molecular flexibility index (Phi) is 5.25. The number of phenolic OH excluding ortho intramolecular Hbond substituents is 1. The van der Waals surface area contributed by atoms with Gasteiger partial charge in [0, 0.05) is 12.1 Å². The Labute approximate surface area is 102 Å². The molecule has 0 radical (unpaired) electrons. The van der Waals surface area contributed by atoms with Gasteiger partial charge in [-0.15, -0.1) is 0 Å². The van der Waals surface area contributed by atoms with Gasteiger partial charge in [-0.3, -0.25) is 0 Å². The summed E-state index contributed by atoms with van der Waals surface area (Å²) >= 11 is 0. The first kappa shape index (κ1) is 13.8. The number of benzene rings is 1. The zero-order valence-electron chi connectivity index (χ0n) is 10.4. The molecule has 2 atom stereocenters. The van der Waals surface area contributed by atoms with Crippen LogP contribution in [0, 0.1) is 0 Å². The molecule has 0 bridgehead atoms. The Morgan fingerprint density at radius 1 is 1.41 bits per heavy atom. The highest BCUT2D eigenvalue weighted by atomic mass is 16.5. The van der Waals surface area contributed by atoms with Crippen LogP contribution in [-0.2, 0) is 0 Å². The van der Waals surface area contributed by atoms with Crippen LogP contribution in [0.4, 0.5) is 0 Å². The van der Waals surface area contributed by atoms with Crippen molar-refractivity contribution in [3.05, 3.63) is 23.8 Å². The highest BCUT2D eigenvalue weighted by Crippen LogP contribution is 2.37. The number of nitrogens with two attached hydrogens (primary N) is 1. The standard InChI is InChI=1S/C13H21NO3/c1-3-9(7-10(15)8-14)11-5-4-6-12(17-2)13(11)16/h4-6,9-10,15-16H,3,7-8,14H2,1-2H3. The van der Waals surface area contributed by atoms with E-state index in [0.717, 1.165) is 12.0 Å². The van der Waals surface area contributed by atoms with E-state index in [1.807, 2.05) is 19.1 Å². The molecule has 0 aliphatic heterocycles. The van der Waals surface area contributed by atoms with Crippen LogP contribution in [-0.4, -0.2) is 30.0 Å². The van der Waals surface area contributed by atoms with Crippen molar-refractivity contribution in [2.45, 2.75) is 31.8 Å². The third-order valence-corrected chi connectivity index (χ3v) is 3.01. The summed E-state index contributed by atoms with van der Waals surface area (Å²) in [5.41, 5.74) is 6.22. The Balaban J connectivity index is 2.95. The number of rotatable bonds is 6. The van der Waals surface area contributed by atoms with Gasteiger partial charge in [-0.05, 0) is 24.8 Å². The van der Waals surface area contributed by atoms with Crippen LogP contribution in [0.25, 0.3) is 0 Å². The first-order valence-corrected chi connectivity index (χ1v) is 5.88. The molecule has 0 heterocycles. The summed E-state index contributed by atoms with van der Waals surface area (Å²) in [6.07, 6.45) is 0.844. The zero-order chi connectivity index (χ0) is 12.8. The van der Waals surface area contributed by atoms with Crippen LogP contribution < -0.4 is 10.5 Å². The van der Waals surface area contributed by atoms with Gasteiger partial charge in [-0.1, -0.05) is 19.1 Å². The van der Waals surface area contributed by atoms with E-state index in [9.17, 15) is 10.2 Å². The number of aromatic hydroxyl groups is 1. The monoisotopic (exact) mass is 239 g/mol. The van der Waals surface area contributed by atoms with Gasteiger partial charge >= 0.3 is 0 Å². The summed E-state index contributed by atoms with van der Waals surface area (Å²) in [5, 5.41) is 19.6. The summed E-state index contributed by atoms with van der Waals surface area (Å²) in [5.74, 6) is 0.706. The third kappa shape index (κ3) is 3.35. The molecule has 1 rings (SSSR count). The van der Waals surface area contributed by atoms with Crippen LogP contribution in [0.5, 0.6) is 11.5 Å². The molecule has 0 aliphatic carbocycles. The fraction of sp³-hybridized carbons (Fsp3) is 0.538. The molecule has 96 valence electrons. The molecule has 4 N–H and O–H groups in total. The van der Waals surface area contributed by atoms with Crippen molar-refractivity contribution in [1.29, 1.82) is 0 Å². The molecule has 0 aliphatic rings. The minimum absolute atomic E-state index is 0.0867. The van der Waals surface area contributed by atoms with Crippen molar-refractivity contribution in [2.75, 3.05) is 13.7 Å². The molecule has 1 aromatic rings. The van der Waals surface area contributed by atoms with Gasteiger partial charge in [0.2, 0.25) is 0 Å². The molecule has 4 nitrogen and oxygen atoms in total. The molecule has 0 spiro atoms. The number of methoxy groups -OCH3 is 1. The van der Waals surface area contributed by atoms with E-state index in [-0.39, 0.29) is 18.2 Å². The Morgan fingerprint density at radius 3 is 2.65 bits per heavy atom. The number of phenols is 1. The number of ether oxygens (including phenoxy) is 1. The van der Waals surface area contributed by atoms with Crippen molar-refractivity contribution in [2.24, 2.45) is 5.73 Å². The largest absolute Gasteiger partial charge is 0.504 e. The van der Waals surface area contributed by atoms with Gasteiger partial charge in [-0.25, -0.2) is 0 Å². The van der Waals surface area contributed by atoms with E-state index in [4.69, 9.17) is 10.5 Å². The summed E-state index contributed by atoms with van der Waals surface area (Å²) in [6.45, 7) is 2.26. The minimum atomic E-state index is -0.537. The molecular formula is C13H21NO3. The average molecular weight is 239 g/mol. The maximum Gasteiger partial charge on any atom is 0.161 e. The van der Waals surface area contributed by atoms with Crippen molar-refractivity contribution in [3.63, 3.8) is 0 Å². The third-order valence-electron chi connectivity index (χ3n) is 3.01. The molecule has 2 unspecified atom stereocenters. The van der Waals surface area contributed by atoms with Crippen LogP contribution in [0.1, 0.15) is 31.2 Å². The molecule has 17 heavy (non-hydrogen) atoms. The molecule has 0 amide bonds. The van der Waals surface area contributed by atoms with Gasteiger partial charge in [0.1, 0.15) is 0 Å². The number of hydrogen-bond donors (Lipinski definition) is 3. The highest BCUT2D eigenvalue weighted by Gasteiger charge is 2.19. The summed E-state index contributed by atoms with van der Waals surface area (Å²) < 4.78 is 5.07. The lowest BCUT2D eigenvalue weighted by Gasteiger charge is -2.20. The van der Waals surface area contributed by atoms with Gasteiger partial charge in [-0.2, -0.15) is 0 Å². The predicted molar refractivity (Wildman–Crippen MR) is 67.4 cm³/mol. The normalized spacial score (nSPS) is 14.4. The van der Waals surface area contributed by atoms with Crippen molar-refractivity contribution in [3.8, 4) is 11.5 Å². The van der Waals surface area contributed by atoms with Gasteiger partial charge in [0.15, 0.2) is 11.5 Å². The second kappa shape index (κ2) is 6.47. The van der Waals surface area contributed by atoms with Gasteiger partial charge in [0.05, 0.1) is 13.2 Å². The van der Waals surface area contributed by atoms with E-state index in [0.29, 0.717) is 12.2 Å². The SMILES string of the molecule is CCC(CC(O)CN)c1cccc(OC)c1O. The Hall–Kier alpha value is -1.26. The molecule has 0 saturated heterocycles. The molecule has 0 aromatic heterocycles. The molecule has 0 saturated carbocycles. The van der Waals surface area contributed by atoms with E-state index >= 15 is 0 Å². The number of aliphatic hydroxyl groups excluding tert-OH is 1. The summed E-state index contributed by atoms with van der Waals surface area (Å²) in [6, 6.07) is 5.41. The van der Waals surface area contributed by atoms with Gasteiger partial charge in [0.25, 0.3) is 0 Å². The Bertz CT molecular complexity index is 355. The lowest BCUT2D eigenvalue weighted by Crippen LogP contribution is -2.22. The zero-order valence-corrected chi connectivity index (χ0v) is 10.4. The first-order chi connectivity index (χ1) is 8.13. The second-order valence-corrected chi connectivity index (χ2v) is 4.13. The molecule has 0 fully saturated rings. The second-order valence-electron chi connectivity index (χ2n) is 4.13. The number of aliphatic hydroxyl groups is 1. The Morgan fingerprint density at radius 2 is 2.12 bits per heavy atom. The van der Waals surface area contributed by atoms with E-state index < -0.39 is 6.10 Å².